The number of nitrogens with zero attached hydrogens (tertiary/aromatic N) is 1. The first-order valence-electron chi connectivity index (χ1n) is 6.15. The zero-order valence-electron chi connectivity index (χ0n) is 11.1. The number of ether oxygens (including phenoxy) is 1. The second-order valence-corrected chi connectivity index (χ2v) is 4.55. The molecule has 0 unspecified atom stereocenters. The van der Waals surface area contributed by atoms with Crippen molar-refractivity contribution in [3.8, 4) is 5.75 Å². The maximum absolute atomic E-state index is 5.97. The number of rotatable bonds is 5. The van der Waals surface area contributed by atoms with Gasteiger partial charge in [0.15, 0.2) is 0 Å². The van der Waals surface area contributed by atoms with Gasteiger partial charge in [-0.15, -0.1) is 0 Å². The molecule has 2 aromatic carbocycles. The summed E-state index contributed by atoms with van der Waals surface area (Å²) < 4.78 is 5.10. The number of hydrazone groups is 1. The van der Waals surface area contributed by atoms with Gasteiger partial charge >= 0.3 is 0 Å². The van der Waals surface area contributed by atoms with Crippen molar-refractivity contribution in [1.82, 2.24) is 0 Å². The predicted octanol–water partition coefficient (Wildman–Crippen LogP) is 3.12. The predicted molar refractivity (Wildman–Crippen MR) is 83.7 cm³/mol. The minimum atomic E-state index is 0.323. The van der Waals surface area contributed by atoms with Crippen molar-refractivity contribution < 1.29 is 4.74 Å². The molecule has 0 aliphatic carbocycles. The fraction of sp³-hybridized carbons (Fsp3) is 0.133. The Hall–Kier alpha value is -2.04. The maximum Gasteiger partial charge on any atom is 0.119 e. The Labute approximate surface area is 123 Å². The zero-order valence-corrected chi connectivity index (χ0v) is 11.9. The second kappa shape index (κ2) is 6.93. The monoisotopic (exact) mass is 289 g/mol. The summed E-state index contributed by atoms with van der Waals surface area (Å²) in [6, 6.07) is 14.9. The average Bonchev–Trinajstić information content (AvgIpc) is 2.48. The molecule has 2 aromatic rings. The Bertz CT molecular complexity index is 596. The summed E-state index contributed by atoms with van der Waals surface area (Å²) in [5.74, 6) is 0.799. The van der Waals surface area contributed by atoms with E-state index in [0.29, 0.717) is 11.6 Å². The van der Waals surface area contributed by atoms with Crippen LogP contribution in [0.3, 0.4) is 0 Å². The number of hydrogen-bond acceptors (Lipinski definition) is 4. The molecule has 0 radical (unpaired) electrons. The van der Waals surface area contributed by atoms with Crippen LogP contribution in [0.5, 0.6) is 5.75 Å². The van der Waals surface area contributed by atoms with Crippen LogP contribution in [0.4, 0.5) is 5.69 Å². The molecule has 4 nitrogen and oxygen atoms in total. The molecule has 3 N–H and O–H groups in total. The molecule has 0 heterocycles. The van der Waals surface area contributed by atoms with Crippen molar-refractivity contribution in [2.45, 2.75) is 0 Å². The molecule has 0 bridgehead atoms. The molecule has 0 atom stereocenters. The highest BCUT2D eigenvalue weighted by Crippen LogP contribution is 2.16. The summed E-state index contributed by atoms with van der Waals surface area (Å²) in [6.45, 7) is 0.323. The van der Waals surface area contributed by atoms with E-state index in [2.05, 4.69) is 10.5 Å². The highest BCUT2D eigenvalue weighted by Gasteiger charge is 2.02. The molecular weight excluding hydrogens is 274 g/mol. The molecule has 0 amide bonds. The van der Waals surface area contributed by atoms with E-state index in [-0.39, 0.29) is 0 Å². The second-order valence-electron chi connectivity index (χ2n) is 4.11. The van der Waals surface area contributed by atoms with Crippen LogP contribution >= 0.6 is 11.6 Å². The van der Waals surface area contributed by atoms with Crippen LogP contribution in [0, 0.1) is 0 Å². The van der Waals surface area contributed by atoms with Gasteiger partial charge in [0.05, 0.1) is 18.5 Å². The Kier molecular flexibility index (Phi) is 4.98. The lowest BCUT2D eigenvalue weighted by Crippen LogP contribution is -2.16. The normalized spacial score (nSPS) is 11.2. The molecule has 0 saturated heterocycles. The number of methoxy groups -OCH3 is 1. The van der Waals surface area contributed by atoms with Crippen molar-refractivity contribution in [1.29, 1.82) is 0 Å². The van der Waals surface area contributed by atoms with Gasteiger partial charge in [-0.3, -0.25) is 5.43 Å². The number of hydrogen-bond donors (Lipinski definition) is 2. The standard InChI is InChI=1S/C15H16ClN3O/c1-20-14-7-5-13(6-8-14)18-19-15(10-17)11-3-2-4-12(16)9-11/h2-9,18H,10,17H2,1H3. The molecule has 0 fully saturated rings. The van der Waals surface area contributed by atoms with Crippen LogP contribution in [0.25, 0.3) is 0 Å². The lowest BCUT2D eigenvalue weighted by atomic mass is 10.1. The van der Waals surface area contributed by atoms with E-state index in [1.54, 1.807) is 7.11 Å². The number of anilines is 1. The molecule has 5 heteroatoms. The summed E-state index contributed by atoms with van der Waals surface area (Å²) in [6.07, 6.45) is 0. The zero-order chi connectivity index (χ0) is 14.4. The Balaban J connectivity index is 2.14. The molecule has 0 aliphatic rings. The number of halogens is 1. The van der Waals surface area contributed by atoms with Crippen LogP contribution in [0.15, 0.2) is 53.6 Å². The van der Waals surface area contributed by atoms with Gasteiger partial charge in [0.2, 0.25) is 0 Å². The summed E-state index contributed by atoms with van der Waals surface area (Å²) >= 11 is 5.97. The third-order valence-corrected chi connectivity index (χ3v) is 3.00. The van der Waals surface area contributed by atoms with E-state index in [0.717, 1.165) is 22.7 Å². The van der Waals surface area contributed by atoms with Gasteiger partial charge in [0.1, 0.15) is 5.75 Å². The molecule has 20 heavy (non-hydrogen) atoms. The Morgan fingerprint density at radius 2 is 2.00 bits per heavy atom. The van der Waals surface area contributed by atoms with Gasteiger partial charge in [-0.1, -0.05) is 23.7 Å². The van der Waals surface area contributed by atoms with Crippen LogP contribution in [0.1, 0.15) is 5.56 Å². The lowest BCUT2D eigenvalue weighted by Gasteiger charge is -2.07. The fourth-order valence-electron chi connectivity index (χ4n) is 1.69. The molecule has 0 aromatic heterocycles. The first kappa shape index (κ1) is 14.4. The summed E-state index contributed by atoms with van der Waals surface area (Å²) in [5.41, 5.74) is 11.2. The maximum atomic E-state index is 5.97. The van der Waals surface area contributed by atoms with Crippen LogP contribution in [-0.4, -0.2) is 19.4 Å². The average molecular weight is 290 g/mol. The third-order valence-electron chi connectivity index (χ3n) is 2.76. The van der Waals surface area contributed by atoms with E-state index in [1.165, 1.54) is 0 Å². The van der Waals surface area contributed by atoms with Crippen LogP contribution in [-0.2, 0) is 0 Å². The van der Waals surface area contributed by atoms with E-state index >= 15 is 0 Å². The smallest absolute Gasteiger partial charge is 0.119 e. The summed E-state index contributed by atoms with van der Waals surface area (Å²) in [5, 5.41) is 4.98. The highest BCUT2D eigenvalue weighted by molar-refractivity contribution is 6.31. The molecule has 104 valence electrons. The van der Waals surface area contributed by atoms with Crippen molar-refractivity contribution >= 4 is 23.0 Å². The van der Waals surface area contributed by atoms with Crippen molar-refractivity contribution in [3.05, 3.63) is 59.1 Å². The van der Waals surface area contributed by atoms with Crippen molar-refractivity contribution in [3.63, 3.8) is 0 Å². The minimum absolute atomic E-state index is 0.323. The SMILES string of the molecule is COc1ccc(NN=C(CN)c2cccc(Cl)c2)cc1. The first-order valence-corrected chi connectivity index (χ1v) is 6.53. The number of nitrogens with two attached hydrogens (primary N) is 1. The minimum Gasteiger partial charge on any atom is -0.497 e. The molecular formula is C15H16ClN3O. The first-order chi connectivity index (χ1) is 9.72. The topological polar surface area (TPSA) is 59.6 Å². The fourth-order valence-corrected chi connectivity index (χ4v) is 1.88. The van der Waals surface area contributed by atoms with Gasteiger partial charge in [0.25, 0.3) is 0 Å². The molecule has 0 saturated carbocycles. The van der Waals surface area contributed by atoms with Gasteiger partial charge in [0, 0.05) is 17.1 Å². The van der Waals surface area contributed by atoms with E-state index in [9.17, 15) is 0 Å². The van der Waals surface area contributed by atoms with E-state index in [4.69, 9.17) is 22.1 Å². The Morgan fingerprint density at radius 3 is 2.60 bits per heavy atom. The molecule has 0 spiro atoms. The van der Waals surface area contributed by atoms with Gasteiger partial charge < -0.3 is 10.5 Å². The number of nitrogens with one attached hydrogen (secondary N) is 1. The van der Waals surface area contributed by atoms with Crippen molar-refractivity contribution in [2.75, 3.05) is 19.1 Å². The Morgan fingerprint density at radius 1 is 1.25 bits per heavy atom. The van der Waals surface area contributed by atoms with Gasteiger partial charge in [-0.05, 0) is 36.4 Å². The number of benzene rings is 2. The van der Waals surface area contributed by atoms with E-state index in [1.807, 2.05) is 48.5 Å². The molecule has 2 rings (SSSR count). The van der Waals surface area contributed by atoms with E-state index < -0.39 is 0 Å². The third kappa shape index (κ3) is 3.73. The van der Waals surface area contributed by atoms with Crippen molar-refractivity contribution in [2.24, 2.45) is 10.8 Å². The summed E-state index contributed by atoms with van der Waals surface area (Å²) in [7, 11) is 1.63. The van der Waals surface area contributed by atoms with Crippen LogP contribution < -0.4 is 15.9 Å². The molecule has 0 aliphatic heterocycles. The van der Waals surface area contributed by atoms with Gasteiger partial charge in [-0.25, -0.2) is 0 Å². The largest absolute Gasteiger partial charge is 0.497 e. The lowest BCUT2D eigenvalue weighted by molar-refractivity contribution is 0.415. The van der Waals surface area contributed by atoms with Gasteiger partial charge in [-0.2, -0.15) is 5.10 Å². The highest BCUT2D eigenvalue weighted by atomic mass is 35.5. The quantitative estimate of drug-likeness (QED) is 0.657. The van der Waals surface area contributed by atoms with Crippen LogP contribution in [0.2, 0.25) is 5.02 Å². The summed E-state index contributed by atoms with van der Waals surface area (Å²) in [4.78, 5) is 0.